The number of nitrogens with one attached hydrogen (secondary N) is 1. The van der Waals surface area contributed by atoms with Crippen LogP contribution in [-0.4, -0.2) is 42.9 Å². The van der Waals surface area contributed by atoms with Crippen LogP contribution in [0.3, 0.4) is 0 Å². The number of carbonyl (C=O) groups is 3. The fourth-order valence-electron chi connectivity index (χ4n) is 2.76. The summed E-state index contributed by atoms with van der Waals surface area (Å²) in [5.74, 6) is -0.832. The lowest BCUT2D eigenvalue weighted by Crippen LogP contribution is -2.38. The fourth-order valence-corrected chi connectivity index (χ4v) is 2.76. The molecule has 2 rings (SSSR count). The number of ether oxygens (including phenoxy) is 1. The van der Waals surface area contributed by atoms with Crippen molar-refractivity contribution in [2.75, 3.05) is 20.2 Å². The number of benzene rings is 2. The van der Waals surface area contributed by atoms with Crippen LogP contribution in [0, 0.1) is 6.92 Å². The van der Waals surface area contributed by atoms with E-state index in [1.807, 2.05) is 61.5 Å². The highest BCUT2D eigenvalue weighted by molar-refractivity contribution is 5.83. The first-order valence-electron chi connectivity index (χ1n) is 9.19. The third-order valence-corrected chi connectivity index (χ3v) is 4.39. The predicted molar refractivity (Wildman–Crippen MR) is 106 cm³/mol. The quantitative estimate of drug-likeness (QED) is 0.675. The van der Waals surface area contributed by atoms with Crippen molar-refractivity contribution in [1.29, 1.82) is 0 Å². The second-order valence-electron chi connectivity index (χ2n) is 6.51. The standard InChI is InChI=1S/C22H26N2O4/c1-17-8-6-7-11-19(17)15-24(16-22(27)28-2)21(26)12-13-23-20(25)14-18-9-4-3-5-10-18/h3-11H,12-16H2,1-2H3,(H,23,25). The number of carbonyl (C=O) groups excluding carboxylic acids is 3. The Morgan fingerprint density at radius 1 is 1.00 bits per heavy atom. The van der Waals surface area contributed by atoms with E-state index in [1.54, 1.807) is 0 Å². The summed E-state index contributed by atoms with van der Waals surface area (Å²) in [5.41, 5.74) is 2.92. The van der Waals surface area contributed by atoms with Gasteiger partial charge in [-0.05, 0) is 23.6 Å². The van der Waals surface area contributed by atoms with Gasteiger partial charge in [0.15, 0.2) is 0 Å². The highest BCUT2D eigenvalue weighted by atomic mass is 16.5. The summed E-state index contributed by atoms with van der Waals surface area (Å²) in [7, 11) is 1.29. The summed E-state index contributed by atoms with van der Waals surface area (Å²) < 4.78 is 4.71. The number of methoxy groups -OCH3 is 1. The molecule has 0 atom stereocenters. The second kappa shape index (κ2) is 10.9. The van der Waals surface area contributed by atoms with Gasteiger partial charge in [0, 0.05) is 19.5 Å². The van der Waals surface area contributed by atoms with Crippen molar-refractivity contribution < 1.29 is 19.1 Å². The van der Waals surface area contributed by atoms with Gasteiger partial charge in [0.25, 0.3) is 0 Å². The Morgan fingerprint density at radius 2 is 1.68 bits per heavy atom. The number of hydrogen-bond acceptors (Lipinski definition) is 4. The van der Waals surface area contributed by atoms with Gasteiger partial charge in [-0.25, -0.2) is 0 Å². The summed E-state index contributed by atoms with van der Waals surface area (Å²) in [6.45, 7) is 2.37. The largest absolute Gasteiger partial charge is 0.468 e. The molecule has 0 fully saturated rings. The Morgan fingerprint density at radius 3 is 2.36 bits per heavy atom. The van der Waals surface area contributed by atoms with Gasteiger partial charge in [-0.3, -0.25) is 14.4 Å². The van der Waals surface area contributed by atoms with E-state index in [4.69, 9.17) is 4.74 Å². The van der Waals surface area contributed by atoms with Crippen LogP contribution in [0.2, 0.25) is 0 Å². The molecule has 0 saturated heterocycles. The Hall–Kier alpha value is -3.15. The SMILES string of the molecule is COC(=O)CN(Cc1ccccc1C)C(=O)CCNC(=O)Cc1ccccc1. The fraction of sp³-hybridized carbons (Fsp3) is 0.318. The van der Waals surface area contributed by atoms with Gasteiger partial charge in [-0.2, -0.15) is 0 Å². The molecule has 0 saturated carbocycles. The third-order valence-electron chi connectivity index (χ3n) is 4.39. The van der Waals surface area contributed by atoms with Crippen LogP contribution in [0.5, 0.6) is 0 Å². The highest BCUT2D eigenvalue weighted by Gasteiger charge is 2.18. The van der Waals surface area contributed by atoms with E-state index in [-0.39, 0.29) is 37.7 Å². The van der Waals surface area contributed by atoms with Crippen molar-refractivity contribution in [3.8, 4) is 0 Å². The minimum atomic E-state index is -0.477. The van der Waals surface area contributed by atoms with Gasteiger partial charge in [0.2, 0.25) is 11.8 Å². The summed E-state index contributed by atoms with van der Waals surface area (Å²) in [4.78, 5) is 37.8. The summed E-state index contributed by atoms with van der Waals surface area (Å²) >= 11 is 0. The first-order valence-corrected chi connectivity index (χ1v) is 9.19. The first kappa shape index (κ1) is 21.2. The molecule has 0 aliphatic heterocycles. The number of esters is 1. The molecule has 0 radical (unpaired) electrons. The topological polar surface area (TPSA) is 75.7 Å². The average Bonchev–Trinajstić information content (AvgIpc) is 2.69. The van der Waals surface area contributed by atoms with E-state index < -0.39 is 5.97 Å². The van der Waals surface area contributed by atoms with Crippen LogP contribution < -0.4 is 5.32 Å². The minimum absolute atomic E-state index is 0.114. The molecule has 0 aliphatic carbocycles. The highest BCUT2D eigenvalue weighted by Crippen LogP contribution is 2.11. The van der Waals surface area contributed by atoms with E-state index in [2.05, 4.69) is 5.32 Å². The lowest BCUT2D eigenvalue weighted by Gasteiger charge is -2.22. The van der Waals surface area contributed by atoms with Gasteiger partial charge in [-0.1, -0.05) is 54.6 Å². The summed E-state index contributed by atoms with van der Waals surface area (Å²) in [5, 5.41) is 2.76. The monoisotopic (exact) mass is 382 g/mol. The molecule has 2 amide bonds. The van der Waals surface area contributed by atoms with E-state index in [0.717, 1.165) is 16.7 Å². The molecule has 0 spiro atoms. The molecule has 2 aromatic rings. The van der Waals surface area contributed by atoms with E-state index >= 15 is 0 Å². The van der Waals surface area contributed by atoms with Crippen molar-refractivity contribution in [1.82, 2.24) is 10.2 Å². The van der Waals surface area contributed by atoms with E-state index in [0.29, 0.717) is 6.54 Å². The number of hydrogen-bond donors (Lipinski definition) is 1. The molecule has 148 valence electrons. The zero-order chi connectivity index (χ0) is 20.4. The Balaban J connectivity index is 1.89. The van der Waals surface area contributed by atoms with Crippen LogP contribution in [0.25, 0.3) is 0 Å². The average molecular weight is 382 g/mol. The van der Waals surface area contributed by atoms with E-state index in [1.165, 1.54) is 12.0 Å². The lowest BCUT2D eigenvalue weighted by molar-refractivity contribution is -0.147. The number of aryl methyl sites for hydroxylation is 1. The van der Waals surface area contributed by atoms with Gasteiger partial charge in [0.1, 0.15) is 6.54 Å². The van der Waals surface area contributed by atoms with Crippen LogP contribution in [-0.2, 0) is 32.1 Å². The molecular formula is C22H26N2O4. The lowest BCUT2D eigenvalue weighted by atomic mass is 10.1. The molecule has 6 nitrogen and oxygen atoms in total. The van der Waals surface area contributed by atoms with Crippen LogP contribution >= 0.6 is 0 Å². The zero-order valence-corrected chi connectivity index (χ0v) is 16.3. The van der Waals surface area contributed by atoms with Gasteiger partial charge < -0.3 is 15.0 Å². The summed E-state index contributed by atoms with van der Waals surface area (Å²) in [6.07, 6.45) is 0.382. The molecular weight excluding hydrogens is 356 g/mol. The maximum absolute atomic E-state index is 12.6. The normalized spacial score (nSPS) is 10.2. The molecule has 6 heteroatoms. The number of amides is 2. The van der Waals surface area contributed by atoms with Crippen LogP contribution in [0.15, 0.2) is 54.6 Å². The van der Waals surface area contributed by atoms with Crippen molar-refractivity contribution in [2.24, 2.45) is 0 Å². The number of rotatable bonds is 9. The Bertz CT molecular complexity index is 805. The second-order valence-corrected chi connectivity index (χ2v) is 6.51. The zero-order valence-electron chi connectivity index (χ0n) is 16.3. The molecule has 2 aromatic carbocycles. The molecule has 0 aliphatic rings. The molecule has 0 bridgehead atoms. The Kier molecular flexibility index (Phi) is 8.21. The van der Waals surface area contributed by atoms with Crippen molar-refractivity contribution in [2.45, 2.75) is 26.3 Å². The molecule has 0 heterocycles. The minimum Gasteiger partial charge on any atom is -0.468 e. The predicted octanol–water partition coefficient (Wildman–Crippen LogP) is 2.25. The first-order chi connectivity index (χ1) is 13.5. The number of nitrogens with zero attached hydrogens (tertiary/aromatic N) is 1. The molecule has 0 unspecified atom stereocenters. The van der Waals surface area contributed by atoms with Gasteiger partial charge in [0.05, 0.1) is 13.5 Å². The Labute approximate surface area is 165 Å². The third kappa shape index (κ3) is 6.87. The van der Waals surface area contributed by atoms with Crippen molar-refractivity contribution >= 4 is 17.8 Å². The van der Waals surface area contributed by atoms with Gasteiger partial charge in [-0.15, -0.1) is 0 Å². The maximum atomic E-state index is 12.6. The van der Waals surface area contributed by atoms with Crippen LogP contribution in [0.4, 0.5) is 0 Å². The van der Waals surface area contributed by atoms with Crippen LogP contribution in [0.1, 0.15) is 23.1 Å². The van der Waals surface area contributed by atoms with Crippen molar-refractivity contribution in [3.63, 3.8) is 0 Å². The summed E-state index contributed by atoms with van der Waals surface area (Å²) in [6, 6.07) is 17.1. The smallest absolute Gasteiger partial charge is 0.325 e. The van der Waals surface area contributed by atoms with Gasteiger partial charge >= 0.3 is 5.97 Å². The molecule has 1 N–H and O–H groups in total. The van der Waals surface area contributed by atoms with E-state index in [9.17, 15) is 14.4 Å². The van der Waals surface area contributed by atoms with Crippen molar-refractivity contribution in [3.05, 3.63) is 71.3 Å². The molecule has 28 heavy (non-hydrogen) atoms. The maximum Gasteiger partial charge on any atom is 0.325 e. The molecule has 0 aromatic heterocycles.